The van der Waals surface area contributed by atoms with Crippen LogP contribution in [0.3, 0.4) is 0 Å². The van der Waals surface area contributed by atoms with E-state index >= 15 is 0 Å². The molecule has 0 unspecified atom stereocenters. The standard InChI is InChI=1S/C20H15ClFN3O.2C19H12ClFN4O2/c1-26-14-9-5-8-13(10-14)23-20-16-11-15(12-6-3-2-4-7-12)17(21)18(22)19(16)24-25-20;20-16-14(11-5-2-1-3-6-11)10-15-18(17(16)21)23-24-19(15)22-12-7-4-8-13(9-12)25(26)27;20-16-14(11-4-2-1-3-5-11)10-15-18(17(16)21)23-24-19(15)22-12-6-8-13(9-7-12)25(26)27/h2-11H,1H3,(H2,23,24,25);2*1-10H,(H2,22,23,24). The average Bonchev–Trinajstić information content (AvgIpc) is 4.26. The molecular formula is C58H39Cl3F3N11O5. The van der Waals surface area contributed by atoms with Gasteiger partial charge in [-0.1, -0.05) is 138 Å². The van der Waals surface area contributed by atoms with Gasteiger partial charge in [0.15, 0.2) is 34.9 Å². The van der Waals surface area contributed by atoms with Crippen LogP contribution in [-0.4, -0.2) is 47.5 Å². The summed E-state index contributed by atoms with van der Waals surface area (Å²) in [6, 6.07) is 52.5. The summed E-state index contributed by atoms with van der Waals surface area (Å²) in [5.74, 6) is 0.263. The molecule has 0 saturated carbocycles. The minimum absolute atomic E-state index is 0.000695. The number of non-ortho nitro benzene ring substituents is 2. The molecule has 0 amide bonds. The highest BCUT2D eigenvalue weighted by Crippen LogP contribution is 2.41. The van der Waals surface area contributed by atoms with Gasteiger partial charge in [0, 0.05) is 80.2 Å². The van der Waals surface area contributed by atoms with Crippen LogP contribution in [0.2, 0.25) is 15.1 Å². The zero-order valence-electron chi connectivity index (χ0n) is 41.4. The maximum Gasteiger partial charge on any atom is 0.271 e. The minimum atomic E-state index is -0.604. The largest absolute Gasteiger partial charge is 0.497 e. The van der Waals surface area contributed by atoms with Crippen molar-refractivity contribution in [3.8, 4) is 39.1 Å². The van der Waals surface area contributed by atoms with Gasteiger partial charge in [-0.2, -0.15) is 15.3 Å². The Morgan fingerprint density at radius 3 is 1.18 bits per heavy atom. The van der Waals surface area contributed by atoms with Crippen molar-refractivity contribution < 1.29 is 27.8 Å². The number of hydrogen-bond donors (Lipinski definition) is 6. The number of nitrogens with zero attached hydrogens (tertiary/aromatic N) is 5. The van der Waals surface area contributed by atoms with E-state index in [4.69, 9.17) is 39.5 Å². The van der Waals surface area contributed by atoms with Crippen molar-refractivity contribution in [2.24, 2.45) is 0 Å². The fourth-order valence-electron chi connectivity index (χ4n) is 8.53. The number of halogens is 6. The van der Waals surface area contributed by atoms with Gasteiger partial charge < -0.3 is 20.7 Å². The van der Waals surface area contributed by atoms with Crippen LogP contribution in [0.1, 0.15) is 0 Å². The minimum Gasteiger partial charge on any atom is -0.497 e. The molecule has 0 radical (unpaired) electrons. The summed E-state index contributed by atoms with van der Waals surface area (Å²) in [7, 11) is 1.60. The van der Waals surface area contributed by atoms with Crippen molar-refractivity contribution in [2.45, 2.75) is 0 Å². The first-order chi connectivity index (χ1) is 38.8. The van der Waals surface area contributed by atoms with Crippen LogP contribution >= 0.6 is 34.8 Å². The van der Waals surface area contributed by atoms with Gasteiger partial charge in [0.1, 0.15) is 22.3 Å². The van der Waals surface area contributed by atoms with Gasteiger partial charge in [0.2, 0.25) is 0 Å². The average molecular weight is 1130 g/mol. The van der Waals surface area contributed by atoms with Crippen LogP contribution in [0.4, 0.5) is 59.1 Å². The summed E-state index contributed by atoms with van der Waals surface area (Å²) >= 11 is 18.7. The summed E-state index contributed by atoms with van der Waals surface area (Å²) in [5, 5.41) is 53.1. The number of fused-ring (bicyclic) bond motifs is 3. The number of hydrogen-bond acceptors (Lipinski definition) is 11. The molecule has 3 heterocycles. The Hall–Kier alpha value is -9.95. The van der Waals surface area contributed by atoms with Crippen LogP contribution < -0.4 is 20.7 Å². The number of nitro groups is 2. The van der Waals surface area contributed by atoms with Crippen LogP contribution in [-0.2, 0) is 0 Å². The molecule has 3 aromatic heterocycles. The Labute approximate surface area is 466 Å². The van der Waals surface area contributed by atoms with Crippen molar-refractivity contribution in [1.29, 1.82) is 0 Å². The molecule has 0 fully saturated rings. The van der Waals surface area contributed by atoms with E-state index in [1.165, 1.54) is 24.3 Å². The maximum absolute atomic E-state index is 14.8. The zero-order valence-corrected chi connectivity index (χ0v) is 43.6. The molecule has 22 heteroatoms. The lowest BCUT2D eigenvalue weighted by atomic mass is 10.0. The Bertz CT molecular complexity index is 4250. The van der Waals surface area contributed by atoms with E-state index in [9.17, 15) is 33.4 Å². The topological polar surface area (TPSA) is 218 Å². The first kappa shape index (κ1) is 53.4. The smallest absolute Gasteiger partial charge is 0.271 e. The second-order valence-electron chi connectivity index (χ2n) is 17.5. The molecule has 0 aliphatic carbocycles. The Morgan fingerprint density at radius 1 is 0.438 bits per heavy atom. The second-order valence-corrected chi connectivity index (χ2v) is 18.6. The fraction of sp³-hybridized carbons (Fsp3) is 0.0172. The molecule has 0 saturated heterocycles. The molecular weight excluding hydrogens is 1090 g/mol. The highest BCUT2D eigenvalue weighted by molar-refractivity contribution is 6.35. The molecule has 12 rings (SSSR count). The number of H-pyrrole nitrogens is 3. The third-order valence-electron chi connectivity index (χ3n) is 12.5. The molecule has 398 valence electrons. The third kappa shape index (κ3) is 11.2. The zero-order chi connectivity index (χ0) is 56.0. The summed E-state index contributed by atoms with van der Waals surface area (Å²) < 4.78 is 49.5. The van der Waals surface area contributed by atoms with Gasteiger partial charge in [-0.25, -0.2) is 13.2 Å². The van der Waals surface area contributed by atoms with Crippen LogP contribution in [0, 0.1) is 37.7 Å². The van der Waals surface area contributed by atoms with Gasteiger partial charge in [-0.05, 0) is 65.2 Å². The number of aromatic amines is 3. The molecule has 9 aromatic carbocycles. The SMILES string of the molecule is COc1cccc(Nc2n[nH]c3c(F)c(Cl)c(-c4ccccc4)cc23)c1.O=[N+]([O-])c1ccc(Nc2n[nH]c3c(F)c(Cl)c(-c4ccccc4)cc23)cc1.O=[N+]([O-])c1cccc(Nc2n[nH]c3c(F)c(Cl)c(-c4ccccc4)cc23)c1. The third-order valence-corrected chi connectivity index (χ3v) is 13.6. The molecule has 6 N–H and O–H groups in total. The summed E-state index contributed by atoms with van der Waals surface area (Å²) in [4.78, 5) is 20.7. The van der Waals surface area contributed by atoms with E-state index in [1.54, 1.807) is 43.5 Å². The van der Waals surface area contributed by atoms with E-state index in [-0.39, 0.29) is 43.0 Å². The van der Waals surface area contributed by atoms with Gasteiger partial charge in [-0.3, -0.25) is 35.5 Å². The quantitative estimate of drug-likeness (QED) is 0.0499. The predicted molar refractivity (Wildman–Crippen MR) is 309 cm³/mol. The number of aromatic nitrogens is 6. The highest BCUT2D eigenvalue weighted by atomic mass is 35.5. The van der Waals surface area contributed by atoms with Gasteiger partial charge >= 0.3 is 0 Å². The maximum atomic E-state index is 14.8. The van der Waals surface area contributed by atoms with E-state index in [2.05, 4.69) is 46.5 Å². The summed E-state index contributed by atoms with van der Waals surface area (Å²) in [5.41, 5.74) is 6.47. The number of nitro benzene ring substituents is 2. The number of methoxy groups -OCH3 is 1. The molecule has 0 atom stereocenters. The predicted octanol–water partition coefficient (Wildman–Crippen LogP) is 17.1. The molecule has 0 spiro atoms. The molecule has 0 aliphatic heterocycles. The lowest BCUT2D eigenvalue weighted by Gasteiger charge is -2.09. The van der Waals surface area contributed by atoms with E-state index in [0.29, 0.717) is 67.4 Å². The van der Waals surface area contributed by atoms with Crippen LogP contribution in [0.25, 0.3) is 66.1 Å². The molecule has 16 nitrogen and oxygen atoms in total. The number of nitrogens with one attached hydrogen (secondary N) is 6. The second kappa shape index (κ2) is 23.3. The lowest BCUT2D eigenvalue weighted by Crippen LogP contribution is -1.94. The first-order valence-electron chi connectivity index (χ1n) is 23.9. The fourth-order valence-corrected chi connectivity index (χ4v) is 9.30. The van der Waals surface area contributed by atoms with Crippen molar-refractivity contribution >= 4 is 113 Å². The molecule has 80 heavy (non-hydrogen) atoms. The Balaban J connectivity index is 0.000000135. The number of rotatable bonds is 12. The van der Waals surface area contributed by atoms with Crippen LogP contribution in [0.15, 0.2) is 182 Å². The summed E-state index contributed by atoms with van der Waals surface area (Å²) in [6.45, 7) is 0. The highest BCUT2D eigenvalue weighted by Gasteiger charge is 2.22. The monoisotopic (exact) mass is 1130 g/mol. The molecule has 0 aliphatic rings. The van der Waals surface area contributed by atoms with Gasteiger partial charge in [0.05, 0.1) is 32.0 Å². The van der Waals surface area contributed by atoms with E-state index < -0.39 is 27.3 Å². The normalized spacial score (nSPS) is 10.9. The Morgan fingerprint density at radius 2 is 0.800 bits per heavy atom. The van der Waals surface area contributed by atoms with Crippen molar-refractivity contribution in [3.05, 3.63) is 235 Å². The van der Waals surface area contributed by atoms with E-state index in [1.807, 2.05) is 121 Å². The van der Waals surface area contributed by atoms with Gasteiger partial charge in [-0.15, -0.1) is 0 Å². The molecule has 0 bridgehead atoms. The first-order valence-corrected chi connectivity index (χ1v) is 25.1. The number of ether oxygens (including phenoxy) is 1. The van der Waals surface area contributed by atoms with Gasteiger partial charge in [0.25, 0.3) is 11.4 Å². The number of benzene rings is 9. The van der Waals surface area contributed by atoms with Crippen LogP contribution in [0.5, 0.6) is 5.75 Å². The lowest BCUT2D eigenvalue weighted by molar-refractivity contribution is -0.385. The summed E-state index contributed by atoms with van der Waals surface area (Å²) in [6.07, 6.45) is 0. The van der Waals surface area contributed by atoms with Crippen molar-refractivity contribution in [1.82, 2.24) is 30.6 Å². The van der Waals surface area contributed by atoms with Crippen molar-refractivity contribution in [3.63, 3.8) is 0 Å². The Kier molecular flexibility index (Phi) is 15.6. The van der Waals surface area contributed by atoms with E-state index in [0.717, 1.165) is 22.4 Å². The van der Waals surface area contributed by atoms with Crippen molar-refractivity contribution in [2.75, 3.05) is 23.1 Å². The molecule has 12 aromatic rings. The number of anilines is 6.